The van der Waals surface area contributed by atoms with E-state index in [0.717, 1.165) is 7.11 Å². The molecule has 12 heteroatoms. The van der Waals surface area contributed by atoms with E-state index in [1.54, 1.807) is 31.3 Å². The summed E-state index contributed by atoms with van der Waals surface area (Å²) >= 11 is 9.59. The molecule has 2 aromatic heterocycles. The summed E-state index contributed by atoms with van der Waals surface area (Å²) in [5, 5.41) is 12.3. The van der Waals surface area contributed by atoms with Gasteiger partial charge in [-0.25, -0.2) is 15.2 Å². The number of pyridine rings is 1. The normalized spacial score (nSPS) is 10.2. The third kappa shape index (κ3) is 5.31. The molecule has 0 aliphatic rings. The zero-order chi connectivity index (χ0) is 24.1. The average molecular weight is 532 g/mol. The number of benzene rings is 1. The zero-order valence-electron chi connectivity index (χ0n) is 17.3. The van der Waals surface area contributed by atoms with Crippen LogP contribution in [0.4, 0.5) is 10.5 Å². The Hall–Kier alpha value is -3.88. The van der Waals surface area contributed by atoms with Gasteiger partial charge in [0.1, 0.15) is 5.69 Å². The highest BCUT2D eigenvalue weighted by Crippen LogP contribution is 2.27. The lowest BCUT2D eigenvalue weighted by Crippen LogP contribution is -2.42. The summed E-state index contributed by atoms with van der Waals surface area (Å²) in [4.78, 5) is 41.4. The molecule has 168 valence electrons. The van der Waals surface area contributed by atoms with E-state index in [1.165, 1.54) is 22.9 Å². The number of hydrogen-bond acceptors (Lipinski definition) is 6. The van der Waals surface area contributed by atoms with Gasteiger partial charge in [0.2, 0.25) is 0 Å². The number of carbonyl (C=O) groups excluding carboxylic acids is 3. The SMILES string of the molecule is COC(=O)NNC(=O)c1cc(C#N)cc(C)c1NC(=O)c1cc(Br)cn1-c1ncccc1Cl. The zero-order valence-corrected chi connectivity index (χ0v) is 19.6. The molecule has 10 nitrogen and oxygen atoms in total. The second-order valence-corrected chi connectivity index (χ2v) is 7.90. The predicted octanol–water partition coefficient (Wildman–Crippen LogP) is 3.72. The van der Waals surface area contributed by atoms with Gasteiger partial charge >= 0.3 is 6.09 Å². The van der Waals surface area contributed by atoms with Gasteiger partial charge < -0.3 is 10.1 Å². The number of carbonyl (C=O) groups is 3. The fourth-order valence-electron chi connectivity index (χ4n) is 2.94. The van der Waals surface area contributed by atoms with E-state index in [0.29, 0.717) is 20.9 Å². The van der Waals surface area contributed by atoms with Crippen LogP contribution >= 0.6 is 27.5 Å². The van der Waals surface area contributed by atoms with E-state index >= 15 is 0 Å². The van der Waals surface area contributed by atoms with Crippen molar-refractivity contribution in [2.24, 2.45) is 0 Å². The van der Waals surface area contributed by atoms with E-state index in [-0.39, 0.29) is 22.5 Å². The van der Waals surface area contributed by atoms with Crippen LogP contribution in [0.3, 0.4) is 0 Å². The Balaban J connectivity index is 2.00. The molecule has 0 unspecified atom stereocenters. The highest BCUT2D eigenvalue weighted by molar-refractivity contribution is 9.10. The van der Waals surface area contributed by atoms with E-state index in [9.17, 15) is 19.6 Å². The molecule has 1 aromatic carbocycles. The van der Waals surface area contributed by atoms with Crippen molar-refractivity contribution in [3.8, 4) is 11.9 Å². The van der Waals surface area contributed by atoms with Crippen LogP contribution in [0.25, 0.3) is 5.82 Å². The van der Waals surface area contributed by atoms with Crippen LogP contribution in [0.1, 0.15) is 32.0 Å². The molecule has 3 rings (SSSR count). The van der Waals surface area contributed by atoms with Crippen molar-refractivity contribution in [1.82, 2.24) is 20.4 Å². The van der Waals surface area contributed by atoms with E-state index in [2.05, 4.69) is 41.8 Å². The quantitative estimate of drug-likeness (QED) is 0.439. The molecule has 3 amide bonds. The van der Waals surface area contributed by atoms with Gasteiger partial charge in [-0.15, -0.1) is 0 Å². The van der Waals surface area contributed by atoms with Crippen molar-refractivity contribution in [3.05, 3.63) is 74.6 Å². The van der Waals surface area contributed by atoms with Crippen molar-refractivity contribution < 1.29 is 19.1 Å². The number of ether oxygens (including phenoxy) is 1. The maximum atomic E-state index is 13.2. The second kappa shape index (κ2) is 10.2. The highest BCUT2D eigenvalue weighted by Gasteiger charge is 2.22. The van der Waals surface area contributed by atoms with Crippen LogP contribution in [0.2, 0.25) is 5.02 Å². The number of nitrogens with one attached hydrogen (secondary N) is 3. The lowest BCUT2D eigenvalue weighted by Gasteiger charge is -2.16. The summed E-state index contributed by atoms with van der Waals surface area (Å²) in [7, 11) is 1.13. The number of halogens is 2. The van der Waals surface area contributed by atoms with Crippen LogP contribution < -0.4 is 16.2 Å². The number of rotatable bonds is 4. The lowest BCUT2D eigenvalue weighted by atomic mass is 10.0. The Morgan fingerprint density at radius 2 is 1.97 bits per heavy atom. The molecule has 2 heterocycles. The van der Waals surface area contributed by atoms with Crippen molar-refractivity contribution >= 4 is 51.1 Å². The molecule has 0 aliphatic heterocycles. The van der Waals surface area contributed by atoms with Crippen LogP contribution in [0.15, 0.2) is 47.2 Å². The number of nitriles is 1. The van der Waals surface area contributed by atoms with Crippen LogP contribution in [-0.2, 0) is 4.74 Å². The van der Waals surface area contributed by atoms with Gasteiger partial charge in [-0.3, -0.25) is 19.6 Å². The molecule has 0 spiro atoms. The Morgan fingerprint density at radius 3 is 2.64 bits per heavy atom. The summed E-state index contributed by atoms with van der Waals surface area (Å²) < 4.78 is 6.52. The van der Waals surface area contributed by atoms with Gasteiger partial charge in [0, 0.05) is 16.9 Å². The van der Waals surface area contributed by atoms with Crippen LogP contribution in [0, 0.1) is 18.3 Å². The number of nitrogens with zero attached hydrogens (tertiary/aromatic N) is 3. The monoisotopic (exact) mass is 530 g/mol. The number of aromatic nitrogens is 2. The first-order chi connectivity index (χ1) is 15.7. The molecule has 0 saturated heterocycles. The maximum Gasteiger partial charge on any atom is 0.425 e. The Kier molecular flexibility index (Phi) is 7.32. The lowest BCUT2D eigenvalue weighted by molar-refractivity contribution is 0.0921. The van der Waals surface area contributed by atoms with Gasteiger partial charge in [0.05, 0.1) is 35.0 Å². The van der Waals surface area contributed by atoms with Crippen molar-refractivity contribution in [2.75, 3.05) is 12.4 Å². The minimum Gasteiger partial charge on any atom is -0.452 e. The molecule has 3 aromatic rings. The first kappa shape index (κ1) is 23.8. The number of anilines is 1. The summed E-state index contributed by atoms with van der Waals surface area (Å²) in [6.07, 6.45) is 2.28. The smallest absolute Gasteiger partial charge is 0.425 e. The third-order valence-corrected chi connectivity index (χ3v) is 5.13. The van der Waals surface area contributed by atoms with E-state index in [4.69, 9.17) is 11.6 Å². The van der Waals surface area contributed by atoms with E-state index in [1.807, 2.05) is 6.07 Å². The minimum absolute atomic E-state index is 0.0376. The van der Waals surface area contributed by atoms with Gasteiger partial charge in [0.15, 0.2) is 5.82 Å². The number of amides is 3. The molecule has 3 N–H and O–H groups in total. The summed E-state index contributed by atoms with van der Waals surface area (Å²) in [6.45, 7) is 1.63. The van der Waals surface area contributed by atoms with Gasteiger partial charge in [-0.1, -0.05) is 11.6 Å². The second-order valence-electron chi connectivity index (χ2n) is 6.57. The number of hydrogen-bond donors (Lipinski definition) is 3. The molecule has 33 heavy (non-hydrogen) atoms. The largest absolute Gasteiger partial charge is 0.452 e. The van der Waals surface area contributed by atoms with Crippen molar-refractivity contribution in [1.29, 1.82) is 5.26 Å². The minimum atomic E-state index is -0.892. The Labute approximate surface area is 201 Å². The van der Waals surface area contributed by atoms with Gasteiger partial charge in [0.25, 0.3) is 11.8 Å². The molecule has 0 radical (unpaired) electrons. The number of methoxy groups -OCH3 is 1. The Morgan fingerprint density at radius 1 is 1.21 bits per heavy atom. The number of hydrazine groups is 1. The third-order valence-electron chi connectivity index (χ3n) is 4.40. The molecule has 0 aliphatic carbocycles. The number of aryl methyl sites for hydroxylation is 1. The molecule has 0 bridgehead atoms. The van der Waals surface area contributed by atoms with E-state index < -0.39 is 17.9 Å². The highest BCUT2D eigenvalue weighted by atomic mass is 79.9. The first-order valence-electron chi connectivity index (χ1n) is 9.24. The standard InChI is InChI=1S/C21H16BrClN6O4/c1-11-6-12(9-24)7-14(19(30)27-28-21(32)33-2)17(11)26-20(31)16-8-13(22)10-29(16)18-15(23)4-3-5-25-18/h3-8,10H,1-2H3,(H,26,31)(H,27,30)(H,28,32). The average Bonchev–Trinajstić information content (AvgIpc) is 3.19. The van der Waals surface area contributed by atoms with Crippen LogP contribution in [0.5, 0.6) is 0 Å². The maximum absolute atomic E-state index is 13.2. The van der Waals surface area contributed by atoms with Crippen LogP contribution in [-0.4, -0.2) is 34.6 Å². The predicted molar refractivity (Wildman–Crippen MR) is 123 cm³/mol. The van der Waals surface area contributed by atoms with Crippen molar-refractivity contribution in [3.63, 3.8) is 0 Å². The fraction of sp³-hybridized carbons (Fsp3) is 0.0952. The van der Waals surface area contributed by atoms with Gasteiger partial charge in [-0.05, 0) is 58.7 Å². The summed E-state index contributed by atoms with van der Waals surface area (Å²) in [6, 6.07) is 9.64. The van der Waals surface area contributed by atoms with Gasteiger partial charge in [-0.2, -0.15) is 5.26 Å². The fourth-order valence-corrected chi connectivity index (χ4v) is 3.57. The molecule has 0 saturated carbocycles. The first-order valence-corrected chi connectivity index (χ1v) is 10.4. The summed E-state index contributed by atoms with van der Waals surface area (Å²) in [5.41, 5.74) is 5.17. The molecule has 0 fully saturated rings. The Bertz CT molecular complexity index is 1300. The summed E-state index contributed by atoms with van der Waals surface area (Å²) in [5.74, 6) is -0.989. The van der Waals surface area contributed by atoms with Crippen molar-refractivity contribution in [2.45, 2.75) is 6.92 Å². The topological polar surface area (TPSA) is 138 Å². The molecular weight excluding hydrogens is 516 g/mol. The molecule has 0 atom stereocenters. The molecular formula is C21H16BrClN6O4.